The van der Waals surface area contributed by atoms with Gasteiger partial charge < -0.3 is 10.1 Å². The quantitative estimate of drug-likeness (QED) is 0.499. The van der Waals surface area contributed by atoms with Crippen molar-refractivity contribution in [2.24, 2.45) is 0 Å². The summed E-state index contributed by atoms with van der Waals surface area (Å²) in [6.07, 6.45) is 1.98. The number of ether oxygens (including phenoxy) is 1. The van der Waals surface area contributed by atoms with Crippen molar-refractivity contribution in [2.75, 3.05) is 18.2 Å². The number of carbonyl (C=O) groups is 2. The molecule has 1 amide bonds. The van der Waals surface area contributed by atoms with E-state index in [0.717, 1.165) is 15.5 Å². The van der Waals surface area contributed by atoms with E-state index in [1.807, 2.05) is 35.2 Å². The number of carbonyl (C=O) groups excluding carboxylic acids is 2. The summed E-state index contributed by atoms with van der Waals surface area (Å²) in [5.74, 6) is -0.996. The fraction of sp³-hybridized carbons (Fsp3) is 0.118. The number of hydrogen-bond donors (Lipinski definition) is 1. The molecule has 0 aliphatic carbocycles. The highest BCUT2D eigenvalue weighted by molar-refractivity contribution is 7.98. The fourth-order valence-electron chi connectivity index (χ4n) is 1.96. The van der Waals surface area contributed by atoms with Gasteiger partial charge in [-0.05, 0) is 42.0 Å². The first-order chi connectivity index (χ1) is 12.2. The molecule has 0 saturated carbocycles. The average molecular weight is 391 g/mol. The zero-order valence-corrected chi connectivity index (χ0v) is 15.7. The summed E-state index contributed by atoms with van der Waals surface area (Å²) >= 11 is 4.56. The maximum atomic E-state index is 12.0. The third kappa shape index (κ3) is 4.68. The lowest BCUT2D eigenvalue weighted by Gasteiger charge is -2.06. The van der Waals surface area contributed by atoms with E-state index >= 15 is 0 Å². The molecule has 2 aromatic heterocycles. The zero-order chi connectivity index (χ0) is 17.6. The van der Waals surface area contributed by atoms with E-state index in [1.54, 1.807) is 40.6 Å². The van der Waals surface area contributed by atoms with Gasteiger partial charge in [0, 0.05) is 26.9 Å². The number of rotatable bonds is 6. The Morgan fingerprint density at radius 2 is 2.00 bits per heavy atom. The van der Waals surface area contributed by atoms with Gasteiger partial charge in [-0.1, -0.05) is 0 Å². The van der Waals surface area contributed by atoms with Gasteiger partial charge in [0.25, 0.3) is 5.91 Å². The van der Waals surface area contributed by atoms with Crippen LogP contribution in [0, 0.1) is 0 Å². The Kier molecular flexibility index (Phi) is 5.85. The Bertz CT molecular complexity index is 858. The molecule has 128 valence electrons. The van der Waals surface area contributed by atoms with Gasteiger partial charge in [0.05, 0.1) is 0 Å². The molecule has 0 bridgehead atoms. The summed E-state index contributed by atoms with van der Waals surface area (Å²) in [6.45, 7) is -0.353. The third-order valence-electron chi connectivity index (χ3n) is 3.19. The number of thiazole rings is 1. The maximum Gasteiger partial charge on any atom is 0.358 e. The predicted octanol–water partition coefficient (Wildman–Crippen LogP) is 4.39. The highest BCUT2D eigenvalue weighted by Gasteiger charge is 2.15. The number of esters is 1. The standard InChI is InChI=1S/C17H14N2O3S3/c1-23-13-4-2-12(3-5-13)18-15(20)8-22-17(21)14-10-25-16(19-14)11-6-7-24-9-11/h2-7,9-10H,8H2,1H3,(H,18,20). The molecule has 1 N–H and O–H groups in total. The van der Waals surface area contributed by atoms with Gasteiger partial charge in [-0.3, -0.25) is 4.79 Å². The predicted molar refractivity (Wildman–Crippen MR) is 103 cm³/mol. The van der Waals surface area contributed by atoms with Crippen molar-refractivity contribution in [3.05, 3.63) is 52.2 Å². The Morgan fingerprint density at radius 1 is 1.20 bits per heavy atom. The molecule has 3 rings (SSSR count). The Morgan fingerprint density at radius 3 is 2.68 bits per heavy atom. The number of thioether (sulfide) groups is 1. The van der Waals surface area contributed by atoms with Crippen LogP contribution < -0.4 is 5.32 Å². The highest BCUT2D eigenvalue weighted by Crippen LogP contribution is 2.25. The van der Waals surface area contributed by atoms with Crippen molar-refractivity contribution < 1.29 is 14.3 Å². The van der Waals surface area contributed by atoms with Gasteiger partial charge in [0.2, 0.25) is 0 Å². The van der Waals surface area contributed by atoms with Crippen molar-refractivity contribution in [1.82, 2.24) is 4.98 Å². The first kappa shape index (κ1) is 17.7. The molecule has 0 radical (unpaired) electrons. The van der Waals surface area contributed by atoms with Crippen LogP contribution in [0.4, 0.5) is 5.69 Å². The molecular formula is C17H14N2O3S3. The molecule has 1 aromatic carbocycles. The van der Waals surface area contributed by atoms with Gasteiger partial charge in [0.15, 0.2) is 12.3 Å². The second-order valence-electron chi connectivity index (χ2n) is 4.90. The molecule has 0 unspecified atom stereocenters. The van der Waals surface area contributed by atoms with Crippen LogP contribution in [-0.2, 0) is 9.53 Å². The van der Waals surface area contributed by atoms with Crippen molar-refractivity contribution in [2.45, 2.75) is 4.90 Å². The molecule has 0 spiro atoms. The second kappa shape index (κ2) is 8.28. The number of nitrogens with one attached hydrogen (secondary N) is 1. The van der Waals surface area contributed by atoms with Crippen molar-refractivity contribution >= 4 is 52.0 Å². The first-order valence-electron chi connectivity index (χ1n) is 7.25. The highest BCUT2D eigenvalue weighted by atomic mass is 32.2. The molecule has 0 aliphatic rings. The zero-order valence-electron chi connectivity index (χ0n) is 13.2. The molecule has 0 aliphatic heterocycles. The van der Waals surface area contributed by atoms with Gasteiger partial charge in [0.1, 0.15) is 5.01 Å². The number of aromatic nitrogens is 1. The average Bonchev–Trinajstić information content (AvgIpc) is 3.31. The van der Waals surface area contributed by atoms with Crippen molar-refractivity contribution in [1.29, 1.82) is 0 Å². The lowest BCUT2D eigenvalue weighted by molar-refractivity contribution is -0.119. The summed E-state index contributed by atoms with van der Waals surface area (Å²) in [6, 6.07) is 9.37. The molecular weight excluding hydrogens is 376 g/mol. The van der Waals surface area contributed by atoms with E-state index in [4.69, 9.17) is 4.74 Å². The molecule has 0 fully saturated rings. The van der Waals surface area contributed by atoms with Crippen LogP contribution in [0.5, 0.6) is 0 Å². The lowest BCUT2D eigenvalue weighted by atomic mass is 10.3. The number of amides is 1. The van der Waals surface area contributed by atoms with Crippen LogP contribution in [0.2, 0.25) is 0 Å². The van der Waals surface area contributed by atoms with E-state index in [1.165, 1.54) is 11.3 Å². The fourth-order valence-corrected chi connectivity index (χ4v) is 3.87. The minimum atomic E-state index is -0.606. The summed E-state index contributed by atoms with van der Waals surface area (Å²) in [4.78, 5) is 29.3. The lowest BCUT2D eigenvalue weighted by Crippen LogP contribution is -2.21. The Hall–Kier alpha value is -2.16. The molecule has 0 atom stereocenters. The van der Waals surface area contributed by atoms with Crippen LogP contribution in [0.3, 0.4) is 0 Å². The maximum absolute atomic E-state index is 12.0. The van der Waals surface area contributed by atoms with E-state index in [2.05, 4.69) is 10.3 Å². The van der Waals surface area contributed by atoms with Gasteiger partial charge in [-0.2, -0.15) is 11.3 Å². The van der Waals surface area contributed by atoms with Crippen LogP contribution in [0.1, 0.15) is 10.5 Å². The minimum absolute atomic E-state index is 0.211. The molecule has 2 heterocycles. The Balaban J connectivity index is 1.52. The summed E-state index contributed by atoms with van der Waals surface area (Å²) in [5, 5.41) is 8.99. The van der Waals surface area contributed by atoms with E-state index in [9.17, 15) is 9.59 Å². The molecule has 5 nitrogen and oxygen atoms in total. The molecule has 3 aromatic rings. The van der Waals surface area contributed by atoms with Crippen LogP contribution in [0.25, 0.3) is 10.6 Å². The Labute approximate surface area is 157 Å². The molecule has 25 heavy (non-hydrogen) atoms. The van der Waals surface area contributed by atoms with Crippen LogP contribution in [-0.4, -0.2) is 29.7 Å². The van der Waals surface area contributed by atoms with Crippen LogP contribution >= 0.6 is 34.4 Å². The number of hydrogen-bond acceptors (Lipinski definition) is 7. The largest absolute Gasteiger partial charge is 0.451 e. The van der Waals surface area contributed by atoms with Gasteiger partial charge in [-0.25, -0.2) is 9.78 Å². The van der Waals surface area contributed by atoms with E-state index in [-0.39, 0.29) is 12.3 Å². The number of anilines is 1. The first-order valence-corrected chi connectivity index (χ1v) is 10.3. The number of benzene rings is 1. The van der Waals surface area contributed by atoms with Gasteiger partial charge in [-0.15, -0.1) is 23.1 Å². The van der Waals surface area contributed by atoms with E-state index in [0.29, 0.717) is 5.69 Å². The minimum Gasteiger partial charge on any atom is -0.451 e. The number of thiophene rings is 1. The normalized spacial score (nSPS) is 10.4. The van der Waals surface area contributed by atoms with Gasteiger partial charge >= 0.3 is 5.97 Å². The SMILES string of the molecule is CSc1ccc(NC(=O)COC(=O)c2csc(-c3ccsc3)n2)cc1. The topological polar surface area (TPSA) is 68.3 Å². The summed E-state index contributed by atoms with van der Waals surface area (Å²) in [5.41, 5.74) is 1.84. The second-order valence-corrected chi connectivity index (χ2v) is 7.42. The molecule has 0 saturated heterocycles. The van der Waals surface area contributed by atoms with Crippen molar-refractivity contribution in [3.8, 4) is 10.6 Å². The summed E-state index contributed by atoms with van der Waals surface area (Å²) < 4.78 is 5.03. The monoisotopic (exact) mass is 390 g/mol. The third-order valence-corrected chi connectivity index (χ3v) is 5.51. The smallest absolute Gasteiger partial charge is 0.358 e. The van der Waals surface area contributed by atoms with Crippen LogP contribution in [0.15, 0.2) is 51.4 Å². The number of nitrogens with zero attached hydrogens (tertiary/aromatic N) is 1. The summed E-state index contributed by atoms with van der Waals surface area (Å²) in [7, 11) is 0. The van der Waals surface area contributed by atoms with Crippen molar-refractivity contribution in [3.63, 3.8) is 0 Å². The molecule has 8 heteroatoms. The van der Waals surface area contributed by atoms with E-state index < -0.39 is 11.9 Å².